The first kappa shape index (κ1) is 12.5. The SMILES string of the molecule is CC(C)c1ccc(C(O)C(O)CCl)cc1. The summed E-state index contributed by atoms with van der Waals surface area (Å²) in [5.74, 6) is 0.502. The van der Waals surface area contributed by atoms with Crippen LogP contribution in [0.4, 0.5) is 0 Å². The Hall–Kier alpha value is -0.570. The van der Waals surface area contributed by atoms with E-state index in [1.54, 1.807) is 0 Å². The number of alkyl halides is 1. The molecule has 1 rings (SSSR count). The molecule has 0 aromatic heterocycles. The lowest BCUT2D eigenvalue weighted by Crippen LogP contribution is -2.19. The second kappa shape index (κ2) is 5.50. The minimum Gasteiger partial charge on any atom is -0.389 e. The normalized spacial score (nSPS) is 15.3. The second-order valence-corrected chi connectivity index (χ2v) is 4.30. The van der Waals surface area contributed by atoms with Gasteiger partial charge >= 0.3 is 0 Å². The maximum atomic E-state index is 9.68. The third-order valence-corrected chi connectivity index (χ3v) is 2.78. The van der Waals surface area contributed by atoms with Gasteiger partial charge in [0.25, 0.3) is 0 Å². The van der Waals surface area contributed by atoms with E-state index in [0.717, 1.165) is 0 Å². The van der Waals surface area contributed by atoms with Gasteiger partial charge in [-0.3, -0.25) is 0 Å². The van der Waals surface area contributed by atoms with E-state index in [4.69, 9.17) is 11.6 Å². The zero-order valence-electron chi connectivity index (χ0n) is 9.02. The monoisotopic (exact) mass is 228 g/mol. The lowest BCUT2D eigenvalue weighted by molar-refractivity contribution is 0.0327. The van der Waals surface area contributed by atoms with Gasteiger partial charge in [0.15, 0.2) is 0 Å². The fourth-order valence-electron chi connectivity index (χ4n) is 1.38. The zero-order chi connectivity index (χ0) is 11.4. The van der Waals surface area contributed by atoms with Crippen molar-refractivity contribution < 1.29 is 10.2 Å². The molecule has 84 valence electrons. The molecule has 0 radical (unpaired) electrons. The van der Waals surface area contributed by atoms with Gasteiger partial charge in [0.2, 0.25) is 0 Å². The Morgan fingerprint density at radius 2 is 1.53 bits per heavy atom. The summed E-state index contributed by atoms with van der Waals surface area (Å²) in [7, 11) is 0. The van der Waals surface area contributed by atoms with E-state index in [2.05, 4.69) is 13.8 Å². The number of aliphatic hydroxyl groups is 2. The van der Waals surface area contributed by atoms with Gasteiger partial charge in [0.1, 0.15) is 6.10 Å². The summed E-state index contributed by atoms with van der Waals surface area (Å²) in [4.78, 5) is 0. The molecule has 2 atom stereocenters. The van der Waals surface area contributed by atoms with Gasteiger partial charge in [-0.1, -0.05) is 38.1 Å². The summed E-state index contributed by atoms with van der Waals surface area (Å²) in [6, 6.07) is 7.58. The Balaban J connectivity index is 2.79. The van der Waals surface area contributed by atoms with Crippen LogP contribution in [0.15, 0.2) is 24.3 Å². The molecule has 3 heteroatoms. The van der Waals surface area contributed by atoms with E-state index in [9.17, 15) is 10.2 Å². The average molecular weight is 229 g/mol. The Morgan fingerprint density at radius 3 is 1.93 bits per heavy atom. The van der Waals surface area contributed by atoms with Crippen molar-refractivity contribution in [3.8, 4) is 0 Å². The number of halogens is 1. The zero-order valence-corrected chi connectivity index (χ0v) is 9.78. The fourth-order valence-corrected chi connectivity index (χ4v) is 1.55. The lowest BCUT2D eigenvalue weighted by atomic mass is 9.98. The first-order chi connectivity index (χ1) is 7.06. The number of hydrogen-bond donors (Lipinski definition) is 2. The Labute approximate surface area is 95.5 Å². The molecule has 0 aliphatic carbocycles. The van der Waals surface area contributed by atoms with Crippen LogP contribution in [0.1, 0.15) is 37.0 Å². The van der Waals surface area contributed by atoms with Gasteiger partial charge in [-0.25, -0.2) is 0 Å². The summed E-state index contributed by atoms with van der Waals surface area (Å²) in [6.45, 7) is 4.22. The van der Waals surface area contributed by atoms with Gasteiger partial charge in [-0.2, -0.15) is 0 Å². The standard InChI is InChI=1S/C12H17ClO2/c1-8(2)9-3-5-10(6-4-9)12(15)11(14)7-13/h3-6,8,11-12,14-15H,7H2,1-2H3. The highest BCUT2D eigenvalue weighted by molar-refractivity contribution is 6.18. The minimum atomic E-state index is -0.906. The Bertz CT molecular complexity index is 295. The molecule has 0 heterocycles. The summed E-state index contributed by atoms with van der Waals surface area (Å²) in [6.07, 6.45) is -1.81. The third-order valence-electron chi connectivity index (χ3n) is 2.47. The molecule has 0 saturated carbocycles. The van der Waals surface area contributed by atoms with E-state index in [-0.39, 0.29) is 5.88 Å². The predicted octanol–water partition coefficient (Wildman–Crippen LogP) is 2.44. The van der Waals surface area contributed by atoms with Gasteiger partial charge in [0, 0.05) is 0 Å². The van der Waals surface area contributed by atoms with Crippen molar-refractivity contribution >= 4 is 11.6 Å². The van der Waals surface area contributed by atoms with Crippen LogP contribution in [0.5, 0.6) is 0 Å². The van der Waals surface area contributed by atoms with E-state index in [0.29, 0.717) is 11.5 Å². The number of hydrogen-bond acceptors (Lipinski definition) is 2. The minimum absolute atomic E-state index is 0.0348. The van der Waals surface area contributed by atoms with Gasteiger partial charge in [0.05, 0.1) is 12.0 Å². The van der Waals surface area contributed by atoms with Crippen LogP contribution >= 0.6 is 11.6 Å². The predicted molar refractivity (Wildman–Crippen MR) is 62.2 cm³/mol. The first-order valence-electron chi connectivity index (χ1n) is 5.08. The highest BCUT2D eigenvalue weighted by atomic mass is 35.5. The number of rotatable bonds is 4. The molecule has 2 nitrogen and oxygen atoms in total. The smallest absolute Gasteiger partial charge is 0.106 e. The van der Waals surface area contributed by atoms with Crippen molar-refractivity contribution in [2.75, 3.05) is 5.88 Å². The van der Waals surface area contributed by atoms with Crippen molar-refractivity contribution in [1.29, 1.82) is 0 Å². The van der Waals surface area contributed by atoms with E-state index < -0.39 is 12.2 Å². The van der Waals surface area contributed by atoms with Gasteiger partial charge < -0.3 is 10.2 Å². The molecule has 0 bridgehead atoms. The largest absolute Gasteiger partial charge is 0.389 e. The topological polar surface area (TPSA) is 40.5 Å². The molecule has 0 aliphatic rings. The third kappa shape index (κ3) is 3.20. The summed E-state index contributed by atoms with van der Waals surface area (Å²) in [5.41, 5.74) is 1.92. The van der Waals surface area contributed by atoms with Crippen molar-refractivity contribution in [1.82, 2.24) is 0 Å². The average Bonchev–Trinajstić information content (AvgIpc) is 2.27. The van der Waals surface area contributed by atoms with Crippen molar-refractivity contribution in [3.63, 3.8) is 0 Å². The maximum Gasteiger partial charge on any atom is 0.106 e. The van der Waals surface area contributed by atoms with E-state index >= 15 is 0 Å². The molecule has 15 heavy (non-hydrogen) atoms. The van der Waals surface area contributed by atoms with Gasteiger partial charge in [-0.15, -0.1) is 11.6 Å². The molecular weight excluding hydrogens is 212 g/mol. The van der Waals surface area contributed by atoms with E-state index in [1.807, 2.05) is 24.3 Å². The molecule has 2 unspecified atom stereocenters. The van der Waals surface area contributed by atoms with Crippen LogP contribution in [0.3, 0.4) is 0 Å². The van der Waals surface area contributed by atoms with Crippen LogP contribution in [0.25, 0.3) is 0 Å². The lowest BCUT2D eigenvalue weighted by Gasteiger charge is -2.16. The highest BCUT2D eigenvalue weighted by Crippen LogP contribution is 2.21. The van der Waals surface area contributed by atoms with Crippen LogP contribution in [-0.2, 0) is 0 Å². The molecule has 0 saturated heterocycles. The molecule has 0 fully saturated rings. The van der Waals surface area contributed by atoms with Crippen LogP contribution in [0, 0.1) is 0 Å². The molecule has 0 aliphatic heterocycles. The van der Waals surface area contributed by atoms with Crippen LogP contribution < -0.4 is 0 Å². The molecule has 1 aromatic rings. The fraction of sp³-hybridized carbons (Fsp3) is 0.500. The second-order valence-electron chi connectivity index (χ2n) is 3.99. The Kier molecular flexibility index (Phi) is 4.58. The Morgan fingerprint density at radius 1 is 1.07 bits per heavy atom. The summed E-state index contributed by atoms with van der Waals surface area (Å²) >= 11 is 5.47. The van der Waals surface area contributed by atoms with Crippen LogP contribution in [-0.4, -0.2) is 22.2 Å². The number of aliphatic hydroxyl groups excluding tert-OH is 2. The first-order valence-corrected chi connectivity index (χ1v) is 5.61. The molecule has 0 amide bonds. The number of benzene rings is 1. The molecule has 2 N–H and O–H groups in total. The highest BCUT2D eigenvalue weighted by Gasteiger charge is 2.16. The van der Waals surface area contributed by atoms with Crippen molar-refractivity contribution in [2.24, 2.45) is 0 Å². The summed E-state index contributed by atoms with van der Waals surface area (Å²) in [5, 5.41) is 19.1. The summed E-state index contributed by atoms with van der Waals surface area (Å²) < 4.78 is 0. The van der Waals surface area contributed by atoms with Crippen LogP contribution in [0.2, 0.25) is 0 Å². The van der Waals surface area contributed by atoms with Crippen molar-refractivity contribution in [2.45, 2.75) is 32.0 Å². The molecule has 1 aromatic carbocycles. The molecule has 0 spiro atoms. The maximum absolute atomic E-state index is 9.68. The van der Waals surface area contributed by atoms with Crippen molar-refractivity contribution in [3.05, 3.63) is 35.4 Å². The van der Waals surface area contributed by atoms with Gasteiger partial charge in [-0.05, 0) is 17.0 Å². The molecular formula is C12H17ClO2. The van der Waals surface area contributed by atoms with E-state index in [1.165, 1.54) is 5.56 Å². The quantitative estimate of drug-likeness (QED) is 0.778.